The first-order valence-electron chi connectivity index (χ1n) is 8.33. The number of aromatic nitrogens is 3. The van der Waals surface area contributed by atoms with E-state index >= 15 is 0 Å². The summed E-state index contributed by atoms with van der Waals surface area (Å²) in [6, 6.07) is 13.4. The molecule has 5 nitrogen and oxygen atoms in total. The first kappa shape index (κ1) is 19.4. The van der Waals surface area contributed by atoms with Crippen molar-refractivity contribution in [2.45, 2.75) is 13.1 Å². The van der Waals surface area contributed by atoms with Gasteiger partial charge >= 0.3 is 6.18 Å². The van der Waals surface area contributed by atoms with Crippen molar-refractivity contribution in [1.82, 2.24) is 14.8 Å². The average molecular weight is 437 g/mol. The van der Waals surface area contributed by atoms with E-state index in [2.05, 4.69) is 15.1 Å². The lowest BCUT2D eigenvalue weighted by Crippen LogP contribution is -2.20. The van der Waals surface area contributed by atoms with Gasteiger partial charge in [-0.15, -0.1) is 0 Å². The predicted octanol–water partition coefficient (Wildman–Crippen LogP) is 5.59. The molecule has 0 aliphatic rings. The normalized spacial score (nSPS) is 12.7. The molecule has 4 rings (SSSR count). The third-order valence-corrected chi connectivity index (χ3v) is 5.37. The maximum atomic E-state index is 13.6. The van der Waals surface area contributed by atoms with Crippen LogP contribution in [-0.2, 0) is 6.18 Å². The summed E-state index contributed by atoms with van der Waals surface area (Å²) in [5.41, 5.74) is -1.76. The van der Waals surface area contributed by atoms with Crippen LogP contribution in [0.2, 0.25) is 5.02 Å². The Hall–Kier alpha value is -2.91. The van der Waals surface area contributed by atoms with E-state index in [0.717, 1.165) is 20.7 Å². The molecule has 0 unspecified atom stereocenters. The lowest BCUT2D eigenvalue weighted by atomic mass is 10.1. The summed E-state index contributed by atoms with van der Waals surface area (Å²) in [4.78, 5) is 21.3. The van der Waals surface area contributed by atoms with Gasteiger partial charge in [-0.3, -0.25) is 14.9 Å². The molecule has 0 aliphatic heterocycles. The van der Waals surface area contributed by atoms with Crippen LogP contribution in [0.4, 0.5) is 18.9 Å². The van der Waals surface area contributed by atoms with E-state index in [4.69, 9.17) is 11.6 Å². The third-order valence-electron chi connectivity index (χ3n) is 4.11. The van der Waals surface area contributed by atoms with Crippen molar-refractivity contribution in [2.75, 3.05) is 0 Å². The molecule has 148 valence electrons. The summed E-state index contributed by atoms with van der Waals surface area (Å²) in [5.74, 6) is 0. The van der Waals surface area contributed by atoms with E-state index in [1.165, 1.54) is 13.0 Å². The third kappa shape index (κ3) is 3.70. The van der Waals surface area contributed by atoms with Crippen molar-refractivity contribution in [1.29, 1.82) is 0 Å². The molecule has 29 heavy (non-hydrogen) atoms. The fraction of sp³-hybridized carbons (Fsp3) is 0.105. The Morgan fingerprint density at radius 3 is 2.66 bits per heavy atom. The predicted molar refractivity (Wildman–Crippen MR) is 108 cm³/mol. The number of nitrogens with zero attached hydrogens (tertiary/aromatic N) is 3. The van der Waals surface area contributed by atoms with E-state index in [1.54, 1.807) is 42.5 Å². The molecule has 4 aromatic rings. The van der Waals surface area contributed by atoms with Gasteiger partial charge in [0.15, 0.2) is 5.69 Å². The lowest BCUT2D eigenvalue weighted by Gasteiger charge is -2.06. The number of aliphatic imine (C=N–C) groups is 1. The molecular weight excluding hydrogens is 425 g/mol. The number of rotatable bonds is 3. The zero-order valence-electron chi connectivity index (χ0n) is 14.8. The minimum Gasteiger partial charge on any atom is -0.284 e. The van der Waals surface area contributed by atoms with Gasteiger partial charge in [-0.1, -0.05) is 41.1 Å². The number of fused-ring (bicyclic) bond motifs is 1. The summed E-state index contributed by atoms with van der Waals surface area (Å²) >= 11 is 7.01. The number of hydrogen-bond donors (Lipinski definition) is 1. The number of thiazole rings is 1. The molecule has 0 saturated heterocycles. The second-order valence-electron chi connectivity index (χ2n) is 6.14. The van der Waals surface area contributed by atoms with Crippen molar-refractivity contribution in [3.05, 3.63) is 75.2 Å². The van der Waals surface area contributed by atoms with Gasteiger partial charge in [0, 0.05) is 5.02 Å². The highest BCUT2D eigenvalue weighted by atomic mass is 35.5. The summed E-state index contributed by atoms with van der Waals surface area (Å²) in [6.07, 6.45) is -4.78. The number of hydrogen-bond acceptors (Lipinski definition) is 4. The quantitative estimate of drug-likeness (QED) is 0.425. The Kier molecular flexibility index (Phi) is 4.79. The summed E-state index contributed by atoms with van der Waals surface area (Å²) in [6.45, 7) is 1.35. The number of halogens is 4. The molecule has 0 radical (unpaired) electrons. The molecule has 0 saturated carbocycles. The van der Waals surface area contributed by atoms with Crippen LogP contribution in [0, 0.1) is 0 Å². The van der Waals surface area contributed by atoms with Crippen molar-refractivity contribution in [3.8, 4) is 5.13 Å². The second kappa shape index (κ2) is 7.16. The van der Waals surface area contributed by atoms with Crippen molar-refractivity contribution < 1.29 is 13.2 Å². The number of para-hydroxylation sites is 1. The van der Waals surface area contributed by atoms with Gasteiger partial charge in [0.25, 0.3) is 5.56 Å². The lowest BCUT2D eigenvalue weighted by molar-refractivity contribution is -0.141. The standard InChI is InChI=1S/C19H12ClF3N4OS/c1-10(24-12-6-4-5-11(20)9-12)15-16(19(21,22)23)26-27(17(15)28)18-25-13-7-2-3-8-14(13)29-18/h2-9,26H,1H3. The number of nitrogens with one attached hydrogen (secondary N) is 1. The number of aromatic amines is 1. The summed E-state index contributed by atoms with van der Waals surface area (Å²) in [5, 5.41) is 2.67. The van der Waals surface area contributed by atoms with E-state index < -0.39 is 23.0 Å². The Morgan fingerprint density at radius 2 is 1.97 bits per heavy atom. The molecule has 0 spiro atoms. The van der Waals surface area contributed by atoms with Gasteiger partial charge < -0.3 is 0 Å². The van der Waals surface area contributed by atoms with Crippen molar-refractivity contribution in [2.24, 2.45) is 4.99 Å². The smallest absolute Gasteiger partial charge is 0.284 e. The fourth-order valence-electron chi connectivity index (χ4n) is 2.86. The summed E-state index contributed by atoms with van der Waals surface area (Å²) in [7, 11) is 0. The zero-order chi connectivity index (χ0) is 20.8. The zero-order valence-corrected chi connectivity index (χ0v) is 16.4. The molecular formula is C19H12ClF3N4OS. The highest BCUT2D eigenvalue weighted by Gasteiger charge is 2.39. The molecule has 10 heteroatoms. The van der Waals surface area contributed by atoms with Gasteiger partial charge in [0.2, 0.25) is 5.13 Å². The number of benzene rings is 2. The molecule has 0 aliphatic carbocycles. The fourth-order valence-corrected chi connectivity index (χ4v) is 3.97. The van der Waals surface area contributed by atoms with Gasteiger partial charge in [0.1, 0.15) is 0 Å². The highest BCUT2D eigenvalue weighted by Crippen LogP contribution is 2.32. The molecule has 0 fully saturated rings. The van der Waals surface area contributed by atoms with Crippen LogP contribution in [-0.4, -0.2) is 20.5 Å². The molecule has 2 heterocycles. The molecule has 1 N–H and O–H groups in total. The molecule has 0 bridgehead atoms. The van der Waals surface area contributed by atoms with Gasteiger partial charge in [-0.25, -0.2) is 4.98 Å². The Balaban J connectivity index is 1.90. The monoisotopic (exact) mass is 436 g/mol. The van der Waals surface area contributed by atoms with Gasteiger partial charge in [-0.05, 0) is 37.3 Å². The van der Waals surface area contributed by atoms with Crippen LogP contribution in [0.25, 0.3) is 15.3 Å². The Morgan fingerprint density at radius 1 is 1.21 bits per heavy atom. The van der Waals surface area contributed by atoms with Crippen molar-refractivity contribution in [3.63, 3.8) is 0 Å². The van der Waals surface area contributed by atoms with E-state index in [1.807, 2.05) is 0 Å². The van der Waals surface area contributed by atoms with E-state index in [9.17, 15) is 18.0 Å². The largest absolute Gasteiger partial charge is 0.433 e. The minimum atomic E-state index is -4.78. The van der Waals surface area contributed by atoms with E-state index in [0.29, 0.717) is 16.2 Å². The van der Waals surface area contributed by atoms with Crippen LogP contribution in [0.1, 0.15) is 18.2 Å². The van der Waals surface area contributed by atoms with Crippen LogP contribution < -0.4 is 5.56 Å². The van der Waals surface area contributed by atoms with Crippen LogP contribution in [0.3, 0.4) is 0 Å². The highest BCUT2D eigenvalue weighted by molar-refractivity contribution is 7.20. The van der Waals surface area contributed by atoms with Gasteiger partial charge in [-0.2, -0.15) is 17.9 Å². The maximum absolute atomic E-state index is 13.6. The molecule has 2 aromatic carbocycles. The molecule has 2 aromatic heterocycles. The summed E-state index contributed by atoms with van der Waals surface area (Å²) < 4.78 is 42.5. The Bertz CT molecular complexity index is 1270. The van der Waals surface area contributed by atoms with Crippen molar-refractivity contribution >= 4 is 44.6 Å². The number of H-pyrrole nitrogens is 1. The SMILES string of the molecule is CC(=Nc1cccc(Cl)c1)c1c(C(F)(F)F)[nH]n(-c2nc3ccccc3s2)c1=O. The van der Waals surface area contributed by atoms with E-state index in [-0.39, 0.29) is 10.8 Å². The Labute approximate surface area is 171 Å². The second-order valence-corrected chi connectivity index (χ2v) is 7.59. The molecule has 0 amide bonds. The van der Waals surface area contributed by atoms with Gasteiger partial charge in [0.05, 0.1) is 27.2 Å². The topological polar surface area (TPSA) is 63.0 Å². The average Bonchev–Trinajstić information content (AvgIpc) is 3.22. The first-order valence-corrected chi connectivity index (χ1v) is 9.53. The van der Waals surface area contributed by atoms with Crippen LogP contribution in [0.15, 0.2) is 58.3 Å². The number of alkyl halides is 3. The maximum Gasteiger partial charge on any atom is 0.433 e. The first-order chi connectivity index (χ1) is 13.7. The minimum absolute atomic E-state index is 0.0827. The molecule has 0 atom stereocenters. The van der Waals surface area contributed by atoms with Crippen LogP contribution in [0.5, 0.6) is 0 Å². The van der Waals surface area contributed by atoms with Crippen LogP contribution >= 0.6 is 22.9 Å².